The Labute approximate surface area is 140 Å². The van der Waals surface area contributed by atoms with Gasteiger partial charge in [0, 0.05) is 32.1 Å². The van der Waals surface area contributed by atoms with E-state index in [-0.39, 0.29) is 11.8 Å². The van der Waals surface area contributed by atoms with Crippen LogP contribution < -0.4 is 10.7 Å². The molecule has 2 N–H and O–H groups in total. The number of carbonyl (C=O) groups is 2. The topological polar surface area (TPSA) is 88.4 Å². The number of imidazole rings is 1. The van der Waals surface area contributed by atoms with Gasteiger partial charge in [0.15, 0.2) is 0 Å². The molecule has 2 aromatic rings. The summed E-state index contributed by atoms with van der Waals surface area (Å²) >= 11 is 0. The Balaban J connectivity index is 1.52. The van der Waals surface area contributed by atoms with Gasteiger partial charge < -0.3 is 9.88 Å². The summed E-state index contributed by atoms with van der Waals surface area (Å²) in [4.78, 5) is 27.5. The molecule has 2 amide bonds. The van der Waals surface area contributed by atoms with Crippen molar-refractivity contribution >= 4 is 28.6 Å². The summed E-state index contributed by atoms with van der Waals surface area (Å²) in [7, 11) is 1.99. The molecule has 0 aliphatic carbocycles. The summed E-state index contributed by atoms with van der Waals surface area (Å²) in [6.07, 6.45) is 2.03. The molecule has 24 heavy (non-hydrogen) atoms. The largest absolute Gasteiger partial charge is 0.352 e. The summed E-state index contributed by atoms with van der Waals surface area (Å²) in [5.74, 6) is 0.877. The Hall–Kier alpha value is -2.70. The van der Waals surface area contributed by atoms with E-state index in [1.165, 1.54) is 0 Å². The van der Waals surface area contributed by atoms with Crippen molar-refractivity contribution in [2.75, 3.05) is 0 Å². The Morgan fingerprint density at radius 1 is 1.38 bits per heavy atom. The number of amides is 2. The van der Waals surface area contributed by atoms with Crippen LogP contribution in [0.5, 0.6) is 0 Å². The smallest absolute Gasteiger partial charge is 0.240 e. The zero-order chi connectivity index (χ0) is 17.1. The fourth-order valence-corrected chi connectivity index (χ4v) is 2.71. The average molecular weight is 327 g/mol. The van der Waals surface area contributed by atoms with Gasteiger partial charge in [0.1, 0.15) is 5.82 Å². The first-order valence-electron chi connectivity index (χ1n) is 8.06. The van der Waals surface area contributed by atoms with Crippen LogP contribution in [0.1, 0.15) is 37.1 Å². The van der Waals surface area contributed by atoms with Crippen LogP contribution in [-0.4, -0.2) is 27.1 Å². The SMILES string of the molecule is Cc1nc2cc(CNC(=O)CCC3=NNC(=O)CC3)ccc2n1C. The molecule has 0 bridgehead atoms. The molecule has 3 rings (SSSR count). The summed E-state index contributed by atoms with van der Waals surface area (Å²) in [6, 6.07) is 6.03. The van der Waals surface area contributed by atoms with E-state index in [2.05, 4.69) is 20.8 Å². The van der Waals surface area contributed by atoms with Gasteiger partial charge in [-0.3, -0.25) is 9.59 Å². The molecule has 0 saturated heterocycles. The van der Waals surface area contributed by atoms with Gasteiger partial charge in [0.05, 0.1) is 11.0 Å². The Morgan fingerprint density at radius 3 is 2.96 bits per heavy atom. The average Bonchev–Trinajstić information content (AvgIpc) is 2.86. The molecule has 1 aliphatic rings. The van der Waals surface area contributed by atoms with Gasteiger partial charge in [0.25, 0.3) is 0 Å². The minimum atomic E-state index is -0.0663. The zero-order valence-electron chi connectivity index (χ0n) is 13.9. The number of hydrogen-bond acceptors (Lipinski definition) is 4. The molecule has 0 unspecified atom stereocenters. The second-order valence-corrected chi connectivity index (χ2v) is 6.03. The Morgan fingerprint density at radius 2 is 2.21 bits per heavy atom. The molecule has 0 saturated carbocycles. The molecular formula is C17H21N5O2. The van der Waals surface area contributed by atoms with Gasteiger partial charge in [-0.15, -0.1) is 0 Å². The lowest BCUT2D eigenvalue weighted by Crippen LogP contribution is -2.27. The molecule has 0 fully saturated rings. The van der Waals surface area contributed by atoms with E-state index in [1.807, 2.05) is 36.7 Å². The molecule has 0 radical (unpaired) electrons. The predicted molar refractivity (Wildman–Crippen MR) is 91.3 cm³/mol. The Kier molecular flexibility index (Phi) is 4.59. The van der Waals surface area contributed by atoms with Crippen LogP contribution in [-0.2, 0) is 23.2 Å². The third-order valence-corrected chi connectivity index (χ3v) is 4.28. The van der Waals surface area contributed by atoms with Gasteiger partial charge in [0.2, 0.25) is 11.8 Å². The van der Waals surface area contributed by atoms with Gasteiger partial charge in [-0.25, -0.2) is 10.4 Å². The lowest BCUT2D eigenvalue weighted by Gasteiger charge is -2.11. The lowest BCUT2D eigenvalue weighted by molar-refractivity contribution is -0.121. The number of fused-ring (bicyclic) bond motifs is 1. The van der Waals surface area contributed by atoms with Gasteiger partial charge in [-0.05, 0) is 37.5 Å². The standard InChI is InChI=1S/C17H21N5O2/c1-11-19-14-9-12(3-6-15(14)22(11)2)10-18-16(23)7-4-13-5-8-17(24)21-20-13/h3,6,9H,4-5,7-8,10H2,1-2H3,(H,18,23)(H,21,24). The van der Waals surface area contributed by atoms with E-state index in [9.17, 15) is 9.59 Å². The highest BCUT2D eigenvalue weighted by atomic mass is 16.2. The van der Waals surface area contributed by atoms with Crippen molar-refractivity contribution in [1.82, 2.24) is 20.3 Å². The third kappa shape index (κ3) is 3.61. The number of hydrazone groups is 1. The molecule has 0 atom stereocenters. The minimum absolute atomic E-state index is 0.0214. The quantitative estimate of drug-likeness (QED) is 0.873. The Bertz CT molecular complexity index is 822. The van der Waals surface area contributed by atoms with Crippen molar-refractivity contribution in [2.24, 2.45) is 12.1 Å². The molecule has 126 valence electrons. The number of rotatable bonds is 5. The number of nitrogens with zero attached hydrogens (tertiary/aromatic N) is 3. The predicted octanol–water partition coefficient (Wildman–Crippen LogP) is 1.54. The van der Waals surface area contributed by atoms with Crippen LogP contribution in [0, 0.1) is 6.92 Å². The highest BCUT2D eigenvalue weighted by Crippen LogP contribution is 2.16. The second-order valence-electron chi connectivity index (χ2n) is 6.03. The number of benzene rings is 1. The number of aryl methyl sites for hydroxylation is 2. The molecule has 2 heterocycles. The first-order valence-corrected chi connectivity index (χ1v) is 8.06. The van der Waals surface area contributed by atoms with Crippen molar-refractivity contribution in [1.29, 1.82) is 0 Å². The summed E-state index contributed by atoms with van der Waals surface area (Å²) < 4.78 is 2.04. The van der Waals surface area contributed by atoms with Crippen molar-refractivity contribution in [3.8, 4) is 0 Å². The number of hydrogen-bond donors (Lipinski definition) is 2. The van der Waals surface area contributed by atoms with E-state index in [4.69, 9.17) is 0 Å². The normalized spacial score (nSPS) is 14.4. The van der Waals surface area contributed by atoms with Gasteiger partial charge in [-0.2, -0.15) is 5.10 Å². The first kappa shape index (κ1) is 16.2. The zero-order valence-corrected chi connectivity index (χ0v) is 13.9. The first-order chi connectivity index (χ1) is 11.5. The molecule has 0 spiro atoms. The maximum absolute atomic E-state index is 12.0. The number of nitrogens with one attached hydrogen (secondary N) is 2. The van der Waals surface area contributed by atoms with Crippen LogP contribution in [0.15, 0.2) is 23.3 Å². The van der Waals surface area contributed by atoms with E-state index in [1.54, 1.807) is 0 Å². The van der Waals surface area contributed by atoms with E-state index in [0.29, 0.717) is 32.2 Å². The minimum Gasteiger partial charge on any atom is -0.352 e. The fourth-order valence-electron chi connectivity index (χ4n) is 2.71. The molecule has 1 aromatic heterocycles. The summed E-state index contributed by atoms with van der Waals surface area (Å²) in [6.45, 7) is 2.45. The molecule has 7 nitrogen and oxygen atoms in total. The maximum atomic E-state index is 12.0. The van der Waals surface area contributed by atoms with Crippen molar-refractivity contribution < 1.29 is 9.59 Å². The summed E-state index contributed by atoms with van der Waals surface area (Å²) in [5.41, 5.74) is 6.36. The van der Waals surface area contributed by atoms with E-state index >= 15 is 0 Å². The number of aromatic nitrogens is 2. The molecule has 1 aliphatic heterocycles. The monoisotopic (exact) mass is 327 g/mol. The fraction of sp³-hybridized carbons (Fsp3) is 0.412. The maximum Gasteiger partial charge on any atom is 0.240 e. The van der Waals surface area contributed by atoms with Gasteiger partial charge >= 0.3 is 0 Å². The van der Waals surface area contributed by atoms with Crippen LogP contribution >= 0.6 is 0 Å². The van der Waals surface area contributed by atoms with Crippen LogP contribution in [0.4, 0.5) is 0 Å². The van der Waals surface area contributed by atoms with E-state index < -0.39 is 0 Å². The van der Waals surface area contributed by atoms with Crippen molar-refractivity contribution in [3.63, 3.8) is 0 Å². The van der Waals surface area contributed by atoms with Crippen LogP contribution in [0.3, 0.4) is 0 Å². The van der Waals surface area contributed by atoms with Crippen LogP contribution in [0.25, 0.3) is 11.0 Å². The highest BCUT2D eigenvalue weighted by molar-refractivity contribution is 5.94. The third-order valence-electron chi connectivity index (χ3n) is 4.28. The lowest BCUT2D eigenvalue weighted by atomic mass is 10.1. The number of carbonyl (C=O) groups excluding carboxylic acids is 2. The van der Waals surface area contributed by atoms with Crippen LogP contribution in [0.2, 0.25) is 0 Å². The van der Waals surface area contributed by atoms with Gasteiger partial charge in [-0.1, -0.05) is 6.07 Å². The summed E-state index contributed by atoms with van der Waals surface area (Å²) in [5, 5.41) is 6.89. The molecule has 1 aromatic carbocycles. The van der Waals surface area contributed by atoms with E-state index in [0.717, 1.165) is 28.1 Å². The highest BCUT2D eigenvalue weighted by Gasteiger charge is 2.13. The van der Waals surface area contributed by atoms with Crippen molar-refractivity contribution in [2.45, 2.75) is 39.2 Å². The second kappa shape index (κ2) is 6.82. The molecule has 7 heteroatoms. The molecular weight excluding hydrogens is 306 g/mol. The van der Waals surface area contributed by atoms with Crippen molar-refractivity contribution in [3.05, 3.63) is 29.6 Å².